The van der Waals surface area contributed by atoms with Crippen LogP contribution < -0.4 is 5.32 Å². The van der Waals surface area contributed by atoms with Gasteiger partial charge >= 0.3 is 0 Å². The molecule has 3 aromatic rings. The fraction of sp³-hybridized carbons (Fsp3) is 0.200. The lowest BCUT2D eigenvalue weighted by molar-refractivity contribution is 0.102. The molecule has 6 nitrogen and oxygen atoms in total. The number of nitrogens with one attached hydrogen (secondary N) is 2. The van der Waals surface area contributed by atoms with E-state index < -0.39 is 0 Å². The fourth-order valence-electron chi connectivity index (χ4n) is 2.67. The van der Waals surface area contributed by atoms with Gasteiger partial charge in [-0.15, -0.1) is 11.3 Å². The summed E-state index contributed by atoms with van der Waals surface area (Å²) < 4.78 is 0. The van der Waals surface area contributed by atoms with E-state index in [1.165, 1.54) is 41.5 Å². The molecule has 2 aromatic heterocycles. The number of aryl methyl sites for hydroxylation is 2. The van der Waals surface area contributed by atoms with Crippen LogP contribution in [0.2, 0.25) is 0 Å². The molecule has 0 fully saturated rings. The van der Waals surface area contributed by atoms with Crippen molar-refractivity contribution in [2.24, 2.45) is 0 Å². The van der Waals surface area contributed by atoms with E-state index in [0.29, 0.717) is 5.13 Å². The molecule has 0 radical (unpaired) electrons. The number of benzene rings is 1. The first-order valence-electron chi connectivity index (χ1n) is 7.04. The van der Waals surface area contributed by atoms with Crippen molar-refractivity contribution < 1.29 is 4.79 Å². The zero-order valence-electron chi connectivity index (χ0n) is 11.7. The van der Waals surface area contributed by atoms with E-state index >= 15 is 0 Å². The molecule has 0 atom stereocenters. The molecule has 4 rings (SSSR count). The van der Waals surface area contributed by atoms with Crippen LogP contribution in [0.3, 0.4) is 0 Å². The van der Waals surface area contributed by atoms with Gasteiger partial charge in [-0.2, -0.15) is 15.4 Å². The van der Waals surface area contributed by atoms with Crippen LogP contribution in [0.1, 0.15) is 28.0 Å². The molecule has 1 aliphatic carbocycles. The Morgan fingerprint density at radius 1 is 1.27 bits per heavy atom. The average molecular weight is 311 g/mol. The molecule has 0 spiro atoms. The number of aromatic nitrogens is 4. The van der Waals surface area contributed by atoms with Crippen molar-refractivity contribution in [1.82, 2.24) is 20.4 Å². The number of thiazole rings is 1. The highest BCUT2D eigenvalue weighted by Crippen LogP contribution is 2.30. The lowest BCUT2D eigenvalue weighted by Crippen LogP contribution is -2.12. The van der Waals surface area contributed by atoms with Crippen molar-refractivity contribution >= 4 is 22.4 Å². The standard InChI is InChI=1S/C15H13N5OS/c21-14(12-7-16-20-19-12)18-15-17-13(8-22-15)11-5-4-9-2-1-3-10(9)6-11/h4-8H,1-3H2,(H,16,19,20)(H,17,18,21). The Morgan fingerprint density at radius 2 is 2.18 bits per heavy atom. The molecular formula is C15H13N5OS. The molecule has 1 aromatic carbocycles. The summed E-state index contributed by atoms with van der Waals surface area (Å²) in [5, 5.41) is 15.0. The average Bonchev–Trinajstić information content (AvgIpc) is 3.27. The zero-order chi connectivity index (χ0) is 14.9. The third kappa shape index (κ3) is 2.39. The second-order valence-electron chi connectivity index (χ2n) is 5.18. The first-order chi connectivity index (χ1) is 10.8. The molecule has 0 saturated heterocycles. The van der Waals surface area contributed by atoms with E-state index in [-0.39, 0.29) is 11.6 Å². The molecule has 22 heavy (non-hydrogen) atoms. The van der Waals surface area contributed by atoms with Crippen molar-refractivity contribution in [3.8, 4) is 11.3 Å². The first kappa shape index (κ1) is 13.1. The second kappa shape index (κ2) is 5.34. The summed E-state index contributed by atoms with van der Waals surface area (Å²) in [5.41, 5.74) is 5.08. The molecule has 7 heteroatoms. The molecule has 0 saturated carbocycles. The highest BCUT2D eigenvalue weighted by Gasteiger charge is 2.14. The number of amides is 1. The highest BCUT2D eigenvalue weighted by atomic mass is 32.1. The van der Waals surface area contributed by atoms with Gasteiger partial charge in [-0.3, -0.25) is 10.1 Å². The maximum Gasteiger partial charge on any atom is 0.279 e. The Kier molecular flexibility index (Phi) is 3.19. The van der Waals surface area contributed by atoms with Gasteiger partial charge in [0.05, 0.1) is 11.9 Å². The lowest BCUT2D eigenvalue weighted by atomic mass is 10.1. The van der Waals surface area contributed by atoms with E-state index in [2.05, 4.69) is 43.9 Å². The van der Waals surface area contributed by atoms with Crippen LogP contribution >= 0.6 is 11.3 Å². The maximum atomic E-state index is 11.9. The summed E-state index contributed by atoms with van der Waals surface area (Å²) in [4.78, 5) is 16.4. The zero-order valence-corrected chi connectivity index (χ0v) is 12.5. The van der Waals surface area contributed by atoms with Crippen LogP contribution in [-0.2, 0) is 12.8 Å². The molecular weight excluding hydrogens is 298 g/mol. The van der Waals surface area contributed by atoms with Gasteiger partial charge in [-0.05, 0) is 36.5 Å². The molecule has 1 amide bonds. The minimum Gasteiger partial charge on any atom is -0.296 e. The number of fused-ring (bicyclic) bond motifs is 1. The number of carbonyl (C=O) groups is 1. The van der Waals surface area contributed by atoms with Crippen LogP contribution in [0.15, 0.2) is 29.8 Å². The van der Waals surface area contributed by atoms with Gasteiger partial charge in [0.1, 0.15) is 0 Å². The summed E-state index contributed by atoms with van der Waals surface area (Å²) in [6.07, 6.45) is 4.92. The van der Waals surface area contributed by atoms with Gasteiger partial charge < -0.3 is 0 Å². The minimum absolute atomic E-state index is 0.245. The van der Waals surface area contributed by atoms with Gasteiger partial charge in [0.25, 0.3) is 5.91 Å². The number of nitrogens with zero attached hydrogens (tertiary/aromatic N) is 3. The molecule has 2 heterocycles. The topological polar surface area (TPSA) is 83.6 Å². The van der Waals surface area contributed by atoms with Gasteiger partial charge in [-0.25, -0.2) is 4.98 Å². The van der Waals surface area contributed by atoms with Crippen LogP contribution in [0.4, 0.5) is 5.13 Å². The van der Waals surface area contributed by atoms with E-state index in [1.807, 2.05) is 5.38 Å². The predicted octanol–water partition coefficient (Wildman–Crippen LogP) is 2.67. The van der Waals surface area contributed by atoms with Gasteiger partial charge in [0, 0.05) is 10.9 Å². The Labute approximate surface area is 130 Å². The highest BCUT2D eigenvalue weighted by molar-refractivity contribution is 7.14. The van der Waals surface area contributed by atoms with E-state index in [1.54, 1.807) is 0 Å². The predicted molar refractivity (Wildman–Crippen MR) is 83.9 cm³/mol. The van der Waals surface area contributed by atoms with Crippen LogP contribution in [0.5, 0.6) is 0 Å². The molecule has 0 bridgehead atoms. The molecule has 2 N–H and O–H groups in total. The third-order valence-corrected chi connectivity index (χ3v) is 4.52. The number of rotatable bonds is 3. The number of hydrogen-bond donors (Lipinski definition) is 2. The van der Waals surface area contributed by atoms with Crippen molar-refractivity contribution in [3.63, 3.8) is 0 Å². The Bertz CT molecular complexity index is 824. The van der Waals surface area contributed by atoms with Crippen molar-refractivity contribution in [2.75, 3.05) is 5.32 Å². The molecule has 0 unspecified atom stereocenters. The van der Waals surface area contributed by atoms with E-state index in [0.717, 1.165) is 17.7 Å². The number of H-pyrrole nitrogens is 1. The first-order valence-corrected chi connectivity index (χ1v) is 7.92. The van der Waals surface area contributed by atoms with Crippen LogP contribution in [0.25, 0.3) is 11.3 Å². The monoisotopic (exact) mass is 311 g/mol. The van der Waals surface area contributed by atoms with E-state index in [9.17, 15) is 4.79 Å². The fourth-order valence-corrected chi connectivity index (χ4v) is 3.38. The second-order valence-corrected chi connectivity index (χ2v) is 6.04. The Morgan fingerprint density at radius 3 is 3.05 bits per heavy atom. The lowest BCUT2D eigenvalue weighted by Gasteiger charge is -2.02. The number of hydrogen-bond acceptors (Lipinski definition) is 5. The maximum absolute atomic E-state index is 11.9. The number of carbonyl (C=O) groups excluding carboxylic acids is 1. The summed E-state index contributed by atoms with van der Waals surface area (Å²) in [5.74, 6) is -0.316. The van der Waals surface area contributed by atoms with Crippen molar-refractivity contribution in [1.29, 1.82) is 0 Å². The van der Waals surface area contributed by atoms with Crippen molar-refractivity contribution in [3.05, 3.63) is 46.6 Å². The molecule has 0 aliphatic heterocycles. The normalized spacial score (nSPS) is 13.1. The summed E-state index contributed by atoms with van der Waals surface area (Å²) in [6.45, 7) is 0. The summed E-state index contributed by atoms with van der Waals surface area (Å²) >= 11 is 1.40. The van der Waals surface area contributed by atoms with Crippen molar-refractivity contribution in [2.45, 2.75) is 19.3 Å². The minimum atomic E-state index is -0.316. The van der Waals surface area contributed by atoms with Crippen LogP contribution in [-0.4, -0.2) is 26.3 Å². The van der Waals surface area contributed by atoms with E-state index in [4.69, 9.17) is 0 Å². The largest absolute Gasteiger partial charge is 0.296 e. The Hall–Kier alpha value is -2.54. The van der Waals surface area contributed by atoms with Crippen LogP contribution in [0, 0.1) is 0 Å². The van der Waals surface area contributed by atoms with Gasteiger partial charge in [-0.1, -0.05) is 12.1 Å². The summed E-state index contributed by atoms with van der Waals surface area (Å²) in [7, 11) is 0. The summed E-state index contributed by atoms with van der Waals surface area (Å²) in [6, 6.07) is 6.49. The number of aromatic amines is 1. The quantitative estimate of drug-likeness (QED) is 0.779. The molecule has 1 aliphatic rings. The Balaban J connectivity index is 1.55. The van der Waals surface area contributed by atoms with Gasteiger partial charge in [0.2, 0.25) is 0 Å². The SMILES string of the molecule is O=C(Nc1nc(-c2ccc3c(c2)CCC3)cs1)c1cn[nH]n1. The number of anilines is 1. The van der Waals surface area contributed by atoms with Gasteiger partial charge in [0.15, 0.2) is 10.8 Å². The molecule has 110 valence electrons. The smallest absolute Gasteiger partial charge is 0.279 e. The third-order valence-electron chi connectivity index (χ3n) is 3.77.